The molecule has 10 rings (SSSR count). The summed E-state index contributed by atoms with van der Waals surface area (Å²) in [6.07, 6.45) is 1.61. The molecule has 0 saturated carbocycles. The van der Waals surface area contributed by atoms with Crippen LogP contribution in [0.5, 0.6) is 23.0 Å². The molecular formula is C83H89N9O7. The molecule has 0 fully saturated rings. The number of hydrogen-bond donors (Lipinski definition) is 2. The zero-order chi connectivity index (χ0) is 72.2. The van der Waals surface area contributed by atoms with Gasteiger partial charge in [-0.2, -0.15) is 4.99 Å². The fraction of sp³-hybridized carbons (Fsp3) is 0.265. The Morgan fingerprint density at radius 2 is 0.778 bits per heavy atom. The van der Waals surface area contributed by atoms with E-state index in [9.17, 15) is 24.6 Å². The van der Waals surface area contributed by atoms with Gasteiger partial charge in [0.05, 0.1) is 16.7 Å². The second-order valence-corrected chi connectivity index (χ2v) is 26.7. The molecule has 2 N–H and O–H groups in total. The number of rotatable bonds is 19. The summed E-state index contributed by atoms with van der Waals surface area (Å²) in [5, 5.41) is 22.0. The number of carbonyl (C=O) groups is 2. The highest BCUT2D eigenvalue weighted by Crippen LogP contribution is 2.37. The van der Waals surface area contributed by atoms with Crippen LogP contribution >= 0.6 is 0 Å². The van der Waals surface area contributed by atoms with Gasteiger partial charge in [-0.1, -0.05) is 176 Å². The number of ether oxygens (including phenoxy) is 2. The number of carbonyl (C=O) groups excluding carboxylic acids is 3. The minimum absolute atomic E-state index is 0.0471. The van der Waals surface area contributed by atoms with E-state index in [0.717, 1.165) is 100 Å². The van der Waals surface area contributed by atoms with Gasteiger partial charge in [0.25, 0.3) is 11.8 Å². The molecule has 0 aliphatic rings. The van der Waals surface area contributed by atoms with E-state index in [1.165, 1.54) is 17.0 Å². The van der Waals surface area contributed by atoms with Crippen LogP contribution in [0.1, 0.15) is 108 Å². The van der Waals surface area contributed by atoms with Gasteiger partial charge in [-0.05, 0) is 158 Å². The Bertz CT molecular complexity index is 4600. The van der Waals surface area contributed by atoms with E-state index in [2.05, 4.69) is 82.2 Å². The molecule has 0 atom stereocenters. The van der Waals surface area contributed by atoms with Crippen LogP contribution in [0.25, 0.3) is 79.5 Å². The number of aromatic nitrogens is 6. The van der Waals surface area contributed by atoms with Crippen LogP contribution in [0, 0.1) is 55.4 Å². The number of phenolic OH excluding ortho intramolecular Hbond substituents is 2. The zero-order valence-corrected chi connectivity index (χ0v) is 60.0. The topological polar surface area (TPSA) is 206 Å². The lowest BCUT2D eigenvalue weighted by molar-refractivity contribution is -0.133. The highest BCUT2D eigenvalue weighted by Gasteiger charge is 2.27. The minimum atomic E-state index is -0.521. The van der Waals surface area contributed by atoms with Gasteiger partial charge in [-0.3, -0.25) is 9.59 Å². The van der Waals surface area contributed by atoms with Crippen molar-refractivity contribution in [3.63, 3.8) is 0 Å². The Morgan fingerprint density at radius 1 is 0.455 bits per heavy atom. The van der Waals surface area contributed by atoms with Crippen molar-refractivity contribution in [1.29, 1.82) is 0 Å². The molecule has 10 aromatic rings. The molecule has 2 amide bonds. The Labute approximate surface area is 582 Å². The normalized spacial score (nSPS) is 11.0. The van der Waals surface area contributed by atoms with Crippen LogP contribution in [-0.2, 0) is 25.3 Å². The van der Waals surface area contributed by atoms with Crippen LogP contribution in [0.3, 0.4) is 0 Å². The van der Waals surface area contributed by atoms with E-state index in [0.29, 0.717) is 64.1 Å². The van der Waals surface area contributed by atoms with Crippen molar-refractivity contribution in [1.82, 2.24) is 39.7 Å². The average Bonchev–Trinajstić information content (AvgIpc) is 0.788. The largest absolute Gasteiger partial charge is 0.507 e. The molecule has 2 heterocycles. The summed E-state index contributed by atoms with van der Waals surface area (Å²) >= 11 is 0. The third-order valence-corrected chi connectivity index (χ3v) is 17.0. The number of benzene rings is 8. The lowest BCUT2D eigenvalue weighted by Gasteiger charge is -2.31. The molecule has 0 saturated heterocycles. The summed E-state index contributed by atoms with van der Waals surface area (Å²) in [6.45, 7) is 36.4. The number of likely N-dealkylation sites (N-methyl/N-ethyl adjacent to an activating group) is 2. The maximum Gasteiger partial charge on any atom is 0.260 e. The number of isocyanates is 1. The summed E-state index contributed by atoms with van der Waals surface area (Å²) in [4.78, 5) is 71.0. The molecule has 0 bridgehead atoms. The molecule has 16 nitrogen and oxygen atoms in total. The molecule has 99 heavy (non-hydrogen) atoms. The van der Waals surface area contributed by atoms with E-state index in [1.54, 1.807) is 56.4 Å². The maximum atomic E-state index is 13.1. The van der Waals surface area contributed by atoms with Crippen molar-refractivity contribution in [3.05, 3.63) is 238 Å². The first-order chi connectivity index (χ1) is 46.8. The minimum Gasteiger partial charge on any atom is -0.507 e. The molecule has 16 heteroatoms. The Balaban J connectivity index is 0.000000214. The third-order valence-electron chi connectivity index (χ3n) is 17.0. The van der Waals surface area contributed by atoms with Crippen LogP contribution in [0.2, 0.25) is 0 Å². The Hall–Kier alpha value is -11.2. The number of amides is 2. The van der Waals surface area contributed by atoms with Gasteiger partial charge in [0.2, 0.25) is 6.08 Å². The second kappa shape index (κ2) is 31.8. The Morgan fingerprint density at radius 3 is 1.10 bits per heavy atom. The number of hydrogen-bond acceptors (Lipinski definition) is 14. The third kappa shape index (κ3) is 18.9. The first-order valence-corrected chi connectivity index (χ1v) is 32.6. The number of phenols is 2. The highest BCUT2D eigenvalue weighted by atomic mass is 16.5. The zero-order valence-electron chi connectivity index (χ0n) is 60.0. The average molecular weight is 1320 g/mol. The van der Waals surface area contributed by atoms with Gasteiger partial charge in [0.15, 0.2) is 48.2 Å². The molecule has 0 aliphatic carbocycles. The van der Waals surface area contributed by atoms with Crippen LogP contribution in [-0.4, -0.2) is 109 Å². The first-order valence-electron chi connectivity index (χ1n) is 32.6. The van der Waals surface area contributed by atoms with Gasteiger partial charge < -0.3 is 29.5 Å². The van der Waals surface area contributed by atoms with Crippen molar-refractivity contribution in [2.24, 2.45) is 4.99 Å². The molecule has 0 aliphatic heterocycles. The maximum absolute atomic E-state index is 13.1. The monoisotopic (exact) mass is 1320 g/mol. The molecule has 0 spiro atoms. The van der Waals surface area contributed by atoms with Gasteiger partial charge in [0.1, 0.15) is 23.0 Å². The van der Waals surface area contributed by atoms with Gasteiger partial charge in [0, 0.05) is 67.5 Å². The number of aliphatic imine (C=N–C) groups is 1. The standard InChI is InChI=1S/C41H44N4O3.C29H30N4O3.C13H15NO/c1-25(2)30-11-10-12-31(21-30)41(7,8)24-45(9)37(47)23-48-32-15-18-35(36(46)22-32)40-43-38(33-16-13-26(3)19-28(33)5)42-39(44-40)34-17-14-27(4)20-29(34)6;1-17-7-10-22(19(3)13-17)27-30-28(23-11-8-18(2)14-20(23)4)32-29(31-27)24-12-9-21(15-25(24)34)36-16-26(35)33(5)6;1-10(2)11-6-5-7-12(8-11)13(3,4)14-9-15/h10-22,46H,1,23-24H2,2-9H3;7-15,34H,16H2,1-6H3;5-8H,1H2,2-4H3. The summed E-state index contributed by atoms with van der Waals surface area (Å²) in [5.74, 6) is 3.09. The fourth-order valence-electron chi connectivity index (χ4n) is 11.2. The smallest absolute Gasteiger partial charge is 0.260 e. The molecule has 0 unspecified atom stereocenters. The van der Waals surface area contributed by atoms with Crippen molar-refractivity contribution in [2.75, 3.05) is 40.9 Å². The van der Waals surface area contributed by atoms with Crippen LogP contribution < -0.4 is 9.47 Å². The molecule has 0 radical (unpaired) electrons. The fourth-order valence-corrected chi connectivity index (χ4v) is 11.2. The van der Waals surface area contributed by atoms with E-state index in [-0.39, 0.29) is 41.9 Å². The molecule has 2 aromatic heterocycles. The number of nitrogens with zero attached hydrogens (tertiary/aromatic N) is 9. The predicted octanol–water partition coefficient (Wildman–Crippen LogP) is 17.2. The van der Waals surface area contributed by atoms with Gasteiger partial charge in [-0.15, -0.1) is 0 Å². The van der Waals surface area contributed by atoms with Crippen LogP contribution in [0.15, 0.2) is 176 Å². The van der Waals surface area contributed by atoms with Crippen molar-refractivity contribution in [3.8, 4) is 91.3 Å². The van der Waals surface area contributed by atoms with Gasteiger partial charge in [-0.25, -0.2) is 34.7 Å². The lowest BCUT2D eigenvalue weighted by Crippen LogP contribution is -2.40. The number of aryl methyl sites for hydroxylation is 8. The lowest BCUT2D eigenvalue weighted by atomic mass is 9.83. The number of aromatic hydroxyl groups is 2. The van der Waals surface area contributed by atoms with E-state index >= 15 is 0 Å². The van der Waals surface area contributed by atoms with E-state index in [4.69, 9.17) is 39.4 Å². The SMILES string of the molecule is C=C(C)c1cccc(C(C)(C)CN(C)C(=O)COc2ccc(-c3nc(-c4ccc(C)cc4C)nc(-c4ccc(C)cc4C)n3)c(O)c2)c1.C=C(C)c1cccc(C(C)(C)N=C=O)c1.Cc1ccc(-c2nc(-c3ccc(C)cc3C)nc(-c3ccc(OCC(=O)N(C)C)cc3O)n2)c(C)c1. The Kier molecular flexibility index (Phi) is 23.6. The molecule has 8 aromatic carbocycles. The number of allylic oxidation sites excluding steroid dienone is 2. The highest BCUT2D eigenvalue weighted by molar-refractivity contribution is 5.79. The first kappa shape index (κ1) is 73.6. The van der Waals surface area contributed by atoms with Crippen molar-refractivity contribution < 1.29 is 34.1 Å². The van der Waals surface area contributed by atoms with E-state index < -0.39 is 5.54 Å². The van der Waals surface area contributed by atoms with Crippen molar-refractivity contribution >= 4 is 29.0 Å². The van der Waals surface area contributed by atoms with Gasteiger partial charge >= 0.3 is 0 Å². The second-order valence-electron chi connectivity index (χ2n) is 26.7. The van der Waals surface area contributed by atoms with E-state index in [1.807, 2.05) is 154 Å². The van der Waals surface area contributed by atoms with Crippen molar-refractivity contribution in [2.45, 2.75) is 108 Å². The summed E-state index contributed by atoms with van der Waals surface area (Å²) in [5.41, 5.74) is 18.7. The summed E-state index contributed by atoms with van der Waals surface area (Å²) in [7, 11) is 5.10. The molecular weight excluding hydrogens is 1230 g/mol. The predicted molar refractivity (Wildman–Crippen MR) is 397 cm³/mol. The molecule has 508 valence electrons. The van der Waals surface area contributed by atoms with Crippen LogP contribution in [0.4, 0.5) is 0 Å². The quantitative estimate of drug-likeness (QED) is 0.0571. The summed E-state index contributed by atoms with van der Waals surface area (Å²) < 4.78 is 11.4. The summed E-state index contributed by atoms with van der Waals surface area (Å²) in [6, 6.07) is 50.5.